The fraction of sp³-hybridized carbons (Fsp3) is 0.533. The number of nitrogens with two attached hydrogens (primary N) is 1. The highest BCUT2D eigenvalue weighted by molar-refractivity contribution is 5.95. The SMILES string of the molecule is Cc1cc(N)cc(C(=O)N2CCCCCCC2)c1F. The largest absolute Gasteiger partial charge is 0.399 e. The molecule has 2 rings (SSSR count). The number of amides is 1. The van der Waals surface area contributed by atoms with Crippen molar-refractivity contribution < 1.29 is 9.18 Å². The highest BCUT2D eigenvalue weighted by atomic mass is 19.1. The monoisotopic (exact) mass is 264 g/mol. The van der Waals surface area contributed by atoms with Gasteiger partial charge in [0, 0.05) is 18.8 Å². The number of likely N-dealkylation sites (tertiary alicyclic amines) is 1. The van der Waals surface area contributed by atoms with Crippen LogP contribution in [0.25, 0.3) is 0 Å². The van der Waals surface area contributed by atoms with Gasteiger partial charge in [-0.15, -0.1) is 0 Å². The average Bonchev–Trinajstić information content (AvgIpc) is 2.32. The fourth-order valence-corrected chi connectivity index (χ4v) is 2.57. The summed E-state index contributed by atoms with van der Waals surface area (Å²) in [6, 6.07) is 3.00. The van der Waals surface area contributed by atoms with E-state index in [2.05, 4.69) is 0 Å². The Hall–Kier alpha value is -1.58. The number of carbonyl (C=O) groups excluding carboxylic acids is 1. The lowest BCUT2D eigenvalue weighted by Gasteiger charge is -2.25. The van der Waals surface area contributed by atoms with Gasteiger partial charge < -0.3 is 10.6 Å². The number of hydrogen-bond acceptors (Lipinski definition) is 2. The third kappa shape index (κ3) is 3.25. The van der Waals surface area contributed by atoms with Crippen molar-refractivity contribution in [3.8, 4) is 0 Å². The molecule has 0 bridgehead atoms. The maximum atomic E-state index is 14.1. The number of carbonyl (C=O) groups is 1. The Kier molecular flexibility index (Phi) is 4.40. The molecule has 0 atom stereocenters. The summed E-state index contributed by atoms with van der Waals surface area (Å²) in [7, 11) is 0. The second-order valence-corrected chi connectivity index (χ2v) is 5.26. The molecule has 0 aliphatic carbocycles. The van der Waals surface area contributed by atoms with E-state index in [1.165, 1.54) is 12.5 Å². The molecule has 4 heteroatoms. The van der Waals surface area contributed by atoms with E-state index in [1.807, 2.05) is 0 Å². The van der Waals surface area contributed by atoms with Crippen LogP contribution in [0, 0.1) is 12.7 Å². The van der Waals surface area contributed by atoms with Crippen LogP contribution in [-0.2, 0) is 0 Å². The first-order chi connectivity index (χ1) is 9.09. The highest BCUT2D eigenvalue weighted by Crippen LogP contribution is 2.20. The normalized spacial score (nSPS) is 16.8. The number of aryl methyl sites for hydroxylation is 1. The van der Waals surface area contributed by atoms with Crippen LogP contribution in [0.3, 0.4) is 0 Å². The second kappa shape index (κ2) is 6.04. The van der Waals surface area contributed by atoms with E-state index >= 15 is 0 Å². The van der Waals surface area contributed by atoms with Crippen molar-refractivity contribution in [3.05, 3.63) is 29.1 Å². The summed E-state index contributed by atoms with van der Waals surface area (Å²) in [5, 5.41) is 0. The van der Waals surface area contributed by atoms with E-state index in [0.717, 1.165) is 25.7 Å². The zero-order chi connectivity index (χ0) is 13.8. The Morgan fingerprint density at radius 1 is 1.16 bits per heavy atom. The summed E-state index contributed by atoms with van der Waals surface area (Å²) in [6.45, 7) is 3.06. The van der Waals surface area contributed by atoms with Crippen molar-refractivity contribution >= 4 is 11.6 Å². The number of nitrogen functional groups attached to an aromatic ring is 1. The molecule has 104 valence electrons. The van der Waals surface area contributed by atoms with Crippen molar-refractivity contribution in [2.24, 2.45) is 0 Å². The Labute approximate surface area is 113 Å². The molecule has 1 fully saturated rings. The van der Waals surface area contributed by atoms with Crippen LogP contribution in [0.2, 0.25) is 0 Å². The molecule has 3 nitrogen and oxygen atoms in total. The van der Waals surface area contributed by atoms with Gasteiger partial charge in [0.05, 0.1) is 5.56 Å². The summed E-state index contributed by atoms with van der Waals surface area (Å²) in [6.07, 6.45) is 5.50. The molecule has 1 amide bonds. The third-order valence-electron chi connectivity index (χ3n) is 3.65. The predicted octanol–water partition coefficient (Wildman–Crippen LogP) is 3.12. The molecule has 0 aromatic heterocycles. The quantitative estimate of drug-likeness (QED) is 0.792. The van der Waals surface area contributed by atoms with Crippen LogP contribution >= 0.6 is 0 Å². The predicted molar refractivity (Wildman–Crippen MR) is 74.5 cm³/mol. The Bertz CT molecular complexity index is 465. The van der Waals surface area contributed by atoms with Gasteiger partial charge in [0.15, 0.2) is 0 Å². The minimum atomic E-state index is -0.443. The van der Waals surface area contributed by atoms with E-state index in [0.29, 0.717) is 24.3 Å². The molecule has 1 aromatic carbocycles. The summed E-state index contributed by atoms with van der Waals surface area (Å²) in [5.74, 6) is -0.670. The van der Waals surface area contributed by atoms with Gasteiger partial charge in [0.2, 0.25) is 0 Å². The molecule has 1 heterocycles. The molecule has 2 N–H and O–H groups in total. The van der Waals surface area contributed by atoms with Gasteiger partial charge in [-0.25, -0.2) is 4.39 Å². The maximum absolute atomic E-state index is 14.1. The summed E-state index contributed by atoms with van der Waals surface area (Å²) in [4.78, 5) is 14.2. The molecule has 1 aliphatic heterocycles. The molecule has 19 heavy (non-hydrogen) atoms. The molecular weight excluding hydrogens is 243 g/mol. The van der Waals surface area contributed by atoms with Gasteiger partial charge >= 0.3 is 0 Å². The van der Waals surface area contributed by atoms with Gasteiger partial charge in [0.1, 0.15) is 5.82 Å². The zero-order valence-electron chi connectivity index (χ0n) is 11.4. The topological polar surface area (TPSA) is 46.3 Å². The third-order valence-corrected chi connectivity index (χ3v) is 3.65. The molecule has 1 aliphatic rings. The number of benzene rings is 1. The number of halogens is 1. The minimum absolute atomic E-state index is 0.109. The van der Waals surface area contributed by atoms with Gasteiger partial charge in [-0.1, -0.05) is 19.3 Å². The first-order valence-corrected chi connectivity index (χ1v) is 6.94. The fourth-order valence-electron chi connectivity index (χ4n) is 2.57. The Balaban J connectivity index is 2.22. The molecule has 0 radical (unpaired) electrons. The van der Waals surface area contributed by atoms with Crippen LogP contribution < -0.4 is 5.73 Å². The van der Waals surface area contributed by atoms with Crippen molar-refractivity contribution in [1.82, 2.24) is 4.90 Å². The molecule has 0 spiro atoms. The first kappa shape index (κ1) is 13.8. The van der Waals surface area contributed by atoms with Crippen molar-refractivity contribution in [3.63, 3.8) is 0 Å². The zero-order valence-corrected chi connectivity index (χ0v) is 11.4. The molecule has 0 unspecified atom stereocenters. The van der Waals surface area contributed by atoms with E-state index in [4.69, 9.17) is 5.73 Å². The van der Waals surface area contributed by atoms with Crippen LogP contribution in [0.5, 0.6) is 0 Å². The lowest BCUT2D eigenvalue weighted by molar-refractivity contribution is 0.0737. The Morgan fingerprint density at radius 3 is 2.37 bits per heavy atom. The minimum Gasteiger partial charge on any atom is -0.399 e. The number of hydrogen-bond donors (Lipinski definition) is 1. The summed E-state index contributed by atoms with van der Waals surface area (Å²) in [5.41, 5.74) is 6.69. The van der Waals surface area contributed by atoms with Crippen molar-refractivity contribution in [2.45, 2.75) is 39.0 Å². The van der Waals surface area contributed by atoms with E-state index in [1.54, 1.807) is 17.9 Å². The van der Waals surface area contributed by atoms with Crippen molar-refractivity contribution in [2.75, 3.05) is 18.8 Å². The average molecular weight is 264 g/mol. The van der Waals surface area contributed by atoms with Crippen LogP contribution in [-0.4, -0.2) is 23.9 Å². The maximum Gasteiger partial charge on any atom is 0.256 e. The van der Waals surface area contributed by atoms with E-state index in [-0.39, 0.29) is 11.5 Å². The summed E-state index contributed by atoms with van der Waals surface area (Å²) >= 11 is 0. The standard InChI is InChI=1S/C15H21FN2O/c1-11-9-12(17)10-13(14(11)16)15(19)18-7-5-3-2-4-6-8-18/h9-10H,2-8,17H2,1H3. The number of anilines is 1. The lowest BCUT2D eigenvalue weighted by Crippen LogP contribution is -2.34. The number of rotatable bonds is 1. The molecule has 0 saturated carbocycles. The number of nitrogens with zero attached hydrogens (tertiary/aromatic N) is 1. The van der Waals surface area contributed by atoms with Crippen LogP contribution in [0.4, 0.5) is 10.1 Å². The highest BCUT2D eigenvalue weighted by Gasteiger charge is 2.21. The van der Waals surface area contributed by atoms with E-state index in [9.17, 15) is 9.18 Å². The van der Waals surface area contributed by atoms with Gasteiger partial charge in [-0.05, 0) is 37.5 Å². The Morgan fingerprint density at radius 2 is 1.74 bits per heavy atom. The van der Waals surface area contributed by atoms with Crippen LogP contribution in [0.15, 0.2) is 12.1 Å². The van der Waals surface area contributed by atoms with Gasteiger partial charge in [0.25, 0.3) is 5.91 Å². The lowest BCUT2D eigenvalue weighted by atomic mass is 10.1. The first-order valence-electron chi connectivity index (χ1n) is 6.94. The second-order valence-electron chi connectivity index (χ2n) is 5.26. The van der Waals surface area contributed by atoms with Crippen LogP contribution in [0.1, 0.15) is 48.0 Å². The molecule has 1 saturated heterocycles. The molecule has 1 aromatic rings. The van der Waals surface area contributed by atoms with E-state index < -0.39 is 5.82 Å². The van der Waals surface area contributed by atoms with Gasteiger partial charge in [-0.2, -0.15) is 0 Å². The summed E-state index contributed by atoms with van der Waals surface area (Å²) < 4.78 is 14.1. The van der Waals surface area contributed by atoms with Gasteiger partial charge in [-0.3, -0.25) is 4.79 Å². The van der Waals surface area contributed by atoms with Crippen molar-refractivity contribution in [1.29, 1.82) is 0 Å². The molecular formula is C15H21FN2O. The smallest absolute Gasteiger partial charge is 0.256 e.